The first-order valence-electron chi connectivity index (χ1n) is 7.88. The Bertz CT molecular complexity index is 243. The highest BCUT2D eigenvalue weighted by atomic mass is 16.4. The van der Waals surface area contributed by atoms with E-state index in [2.05, 4.69) is 6.92 Å². The third-order valence-corrected chi connectivity index (χ3v) is 4.90. The number of unbranched alkanes of at least 4 members (excludes halogenated alkanes) is 1. The third kappa shape index (κ3) is 4.29. The molecule has 1 unspecified atom stereocenters. The van der Waals surface area contributed by atoms with Crippen molar-refractivity contribution < 1.29 is 9.90 Å². The Morgan fingerprint density at radius 3 is 2.33 bits per heavy atom. The highest BCUT2D eigenvalue weighted by Gasteiger charge is 2.36. The molecule has 0 aromatic carbocycles. The molecule has 1 fully saturated rings. The van der Waals surface area contributed by atoms with Crippen molar-refractivity contribution in [3.05, 3.63) is 0 Å². The molecule has 1 saturated carbocycles. The van der Waals surface area contributed by atoms with E-state index in [1.165, 1.54) is 32.1 Å². The largest absolute Gasteiger partial charge is 0.481 e. The van der Waals surface area contributed by atoms with Crippen molar-refractivity contribution in [2.75, 3.05) is 0 Å². The average molecular weight is 254 g/mol. The zero-order chi connectivity index (χ0) is 13.4. The molecule has 2 nitrogen and oxygen atoms in total. The van der Waals surface area contributed by atoms with Crippen LogP contribution in [0.25, 0.3) is 0 Å². The molecule has 2 heteroatoms. The fraction of sp³-hybridized carbons (Fsp3) is 0.938. The van der Waals surface area contributed by atoms with Gasteiger partial charge in [0.15, 0.2) is 0 Å². The molecule has 0 aromatic rings. The fourth-order valence-corrected chi connectivity index (χ4v) is 3.32. The predicted molar refractivity (Wildman–Crippen MR) is 75.7 cm³/mol. The molecule has 0 aromatic heterocycles. The standard InChI is InChI=1S/C16H30O2/c1-3-5-12-16(4-2,15(17)18)13-11-14-9-7-6-8-10-14/h14H,3-13H2,1-2H3,(H,17,18). The van der Waals surface area contributed by atoms with E-state index in [4.69, 9.17) is 0 Å². The molecule has 0 amide bonds. The average Bonchev–Trinajstić information content (AvgIpc) is 2.40. The van der Waals surface area contributed by atoms with E-state index in [1.54, 1.807) is 0 Å². The van der Waals surface area contributed by atoms with Gasteiger partial charge < -0.3 is 5.11 Å². The quantitative estimate of drug-likeness (QED) is 0.660. The SMILES string of the molecule is CCCCC(CC)(CCC1CCCCC1)C(=O)O. The van der Waals surface area contributed by atoms with Crippen LogP contribution in [0.1, 0.15) is 84.5 Å². The Hall–Kier alpha value is -0.530. The smallest absolute Gasteiger partial charge is 0.309 e. The van der Waals surface area contributed by atoms with Gasteiger partial charge in [0, 0.05) is 0 Å². The van der Waals surface area contributed by atoms with Crippen molar-refractivity contribution in [2.45, 2.75) is 84.5 Å². The highest BCUT2D eigenvalue weighted by Crippen LogP contribution is 2.38. The maximum atomic E-state index is 11.6. The lowest BCUT2D eigenvalue weighted by Crippen LogP contribution is -2.31. The molecule has 1 N–H and O–H groups in total. The summed E-state index contributed by atoms with van der Waals surface area (Å²) in [6, 6.07) is 0. The summed E-state index contributed by atoms with van der Waals surface area (Å²) < 4.78 is 0. The number of hydrogen-bond acceptors (Lipinski definition) is 1. The lowest BCUT2D eigenvalue weighted by atomic mass is 9.73. The molecule has 0 spiro atoms. The lowest BCUT2D eigenvalue weighted by Gasteiger charge is -2.31. The van der Waals surface area contributed by atoms with Crippen LogP contribution in [-0.2, 0) is 4.79 Å². The van der Waals surface area contributed by atoms with Crippen LogP contribution in [0.15, 0.2) is 0 Å². The van der Waals surface area contributed by atoms with Gasteiger partial charge in [-0.05, 0) is 31.6 Å². The minimum absolute atomic E-state index is 0.437. The van der Waals surface area contributed by atoms with Crippen LogP contribution in [-0.4, -0.2) is 11.1 Å². The van der Waals surface area contributed by atoms with Crippen LogP contribution in [0, 0.1) is 11.3 Å². The van der Waals surface area contributed by atoms with Gasteiger partial charge in [-0.15, -0.1) is 0 Å². The number of aliphatic carboxylic acids is 1. The van der Waals surface area contributed by atoms with Gasteiger partial charge in [-0.1, -0.05) is 58.8 Å². The number of carboxylic acids is 1. The summed E-state index contributed by atoms with van der Waals surface area (Å²) in [6.07, 6.45) is 12.6. The molecule has 0 bridgehead atoms. The van der Waals surface area contributed by atoms with Crippen LogP contribution in [0.4, 0.5) is 0 Å². The van der Waals surface area contributed by atoms with Crippen molar-refractivity contribution in [1.29, 1.82) is 0 Å². The molecule has 1 atom stereocenters. The van der Waals surface area contributed by atoms with Crippen LogP contribution >= 0.6 is 0 Å². The van der Waals surface area contributed by atoms with Crippen molar-refractivity contribution in [2.24, 2.45) is 11.3 Å². The topological polar surface area (TPSA) is 37.3 Å². The zero-order valence-corrected chi connectivity index (χ0v) is 12.2. The lowest BCUT2D eigenvalue weighted by molar-refractivity contribution is -0.150. The monoisotopic (exact) mass is 254 g/mol. The first-order valence-corrected chi connectivity index (χ1v) is 7.88. The summed E-state index contributed by atoms with van der Waals surface area (Å²) in [5, 5.41) is 9.58. The van der Waals surface area contributed by atoms with E-state index in [1.807, 2.05) is 6.92 Å². The zero-order valence-electron chi connectivity index (χ0n) is 12.2. The Morgan fingerprint density at radius 2 is 1.83 bits per heavy atom. The first kappa shape index (κ1) is 15.5. The molecular weight excluding hydrogens is 224 g/mol. The van der Waals surface area contributed by atoms with Crippen molar-refractivity contribution in [3.8, 4) is 0 Å². The molecule has 1 aliphatic rings. The van der Waals surface area contributed by atoms with Crippen LogP contribution in [0.3, 0.4) is 0 Å². The fourth-order valence-electron chi connectivity index (χ4n) is 3.32. The molecule has 0 aliphatic heterocycles. The van der Waals surface area contributed by atoms with Gasteiger partial charge in [-0.3, -0.25) is 4.79 Å². The predicted octanol–water partition coefficient (Wildman–Crippen LogP) is 5.02. The Kier molecular flexibility index (Phi) is 6.73. The van der Waals surface area contributed by atoms with E-state index in [0.29, 0.717) is 0 Å². The Morgan fingerprint density at radius 1 is 1.17 bits per heavy atom. The molecule has 1 aliphatic carbocycles. The molecule has 18 heavy (non-hydrogen) atoms. The number of carboxylic acid groups (broad SMARTS) is 1. The van der Waals surface area contributed by atoms with Crippen LogP contribution in [0.2, 0.25) is 0 Å². The molecule has 106 valence electrons. The summed E-state index contributed by atoms with van der Waals surface area (Å²) in [4.78, 5) is 11.6. The minimum atomic E-state index is -0.561. The van der Waals surface area contributed by atoms with Crippen LogP contribution < -0.4 is 0 Å². The number of hydrogen-bond donors (Lipinski definition) is 1. The van der Waals surface area contributed by atoms with Gasteiger partial charge in [0.2, 0.25) is 0 Å². The summed E-state index contributed by atoms with van der Waals surface area (Å²) in [5.74, 6) is 0.236. The minimum Gasteiger partial charge on any atom is -0.481 e. The first-order chi connectivity index (χ1) is 8.64. The normalized spacial score (nSPS) is 20.6. The van der Waals surface area contributed by atoms with E-state index in [0.717, 1.165) is 44.4 Å². The molecule has 0 radical (unpaired) electrons. The Balaban J connectivity index is 2.50. The molecule has 0 heterocycles. The van der Waals surface area contributed by atoms with Gasteiger partial charge in [0.05, 0.1) is 5.41 Å². The van der Waals surface area contributed by atoms with Crippen molar-refractivity contribution in [3.63, 3.8) is 0 Å². The van der Waals surface area contributed by atoms with E-state index >= 15 is 0 Å². The summed E-state index contributed by atoms with van der Waals surface area (Å²) in [6.45, 7) is 4.19. The van der Waals surface area contributed by atoms with Crippen LogP contribution in [0.5, 0.6) is 0 Å². The molecule has 1 rings (SSSR count). The highest BCUT2D eigenvalue weighted by molar-refractivity contribution is 5.74. The van der Waals surface area contributed by atoms with E-state index < -0.39 is 11.4 Å². The van der Waals surface area contributed by atoms with Gasteiger partial charge in [0.1, 0.15) is 0 Å². The maximum Gasteiger partial charge on any atom is 0.309 e. The number of carbonyl (C=O) groups is 1. The summed E-state index contributed by atoms with van der Waals surface area (Å²) in [5.41, 5.74) is -0.437. The van der Waals surface area contributed by atoms with Gasteiger partial charge in [0.25, 0.3) is 0 Å². The second kappa shape index (κ2) is 7.81. The van der Waals surface area contributed by atoms with E-state index in [9.17, 15) is 9.90 Å². The second-order valence-corrected chi connectivity index (χ2v) is 6.09. The van der Waals surface area contributed by atoms with Crippen molar-refractivity contribution in [1.82, 2.24) is 0 Å². The van der Waals surface area contributed by atoms with Gasteiger partial charge in [-0.2, -0.15) is 0 Å². The molecular formula is C16H30O2. The van der Waals surface area contributed by atoms with Gasteiger partial charge in [-0.25, -0.2) is 0 Å². The molecule has 0 saturated heterocycles. The summed E-state index contributed by atoms with van der Waals surface area (Å²) in [7, 11) is 0. The summed E-state index contributed by atoms with van der Waals surface area (Å²) >= 11 is 0. The van der Waals surface area contributed by atoms with E-state index in [-0.39, 0.29) is 0 Å². The van der Waals surface area contributed by atoms with Gasteiger partial charge >= 0.3 is 5.97 Å². The third-order valence-electron chi connectivity index (χ3n) is 4.90. The Labute approximate surface area is 112 Å². The van der Waals surface area contributed by atoms with Crippen molar-refractivity contribution >= 4 is 5.97 Å². The second-order valence-electron chi connectivity index (χ2n) is 6.09. The maximum absolute atomic E-state index is 11.6. The number of rotatable bonds is 8.